The third-order valence-electron chi connectivity index (χ3n) is 5.43. The first-order chi connectivity index (χ1) is 10.2. The van der Waals surface area contributed by atoms with Gasteiger partial charge in [0.2, 0.25) is 0 Å². The SMILES string of the molecule is Cc1c(C(=O)NC(C)C2CCCC2)cnn1C1CCCC1. The van der Waals surface area contributed by atoms with Gasteiger partial charge in [0.25, 0.3) is 5.91 Å². The van der Waals surface area contributed by atoms with Gasteiger partial charge in [-0.15, -0.1) is 0 Å². The number of hydrogen-bond acceptors (Lipinski definition) is 2. The molecule has 4 heteroatoms. The second kappa shape index (κ2) is 6.20. The summed E-state index contributed by atoms with van der Waals surface area (Å²) in [5.74, 6) is 0.704. The molecular formula is C17H27N3O. The number of carbonyl (C=O) groups excluding carboxylic acids is 1. The maximum Gasteiger partial charge on any atom is 0.254 e. The molecule has 2 saturated carbocycles. The summed E-state index contributed by atoms with van der Waals surface area (Å²) in [6.07, 6.45) is 11.8. The van der Waals surface area contributed by atoms with Crippen molar-refractivity contribution in [2.45, 2.75) is 77.3 Å². The maximum absolute atomic E-state index is 12.5. The van der Waals surface area contributed by atoms with Crippen molar-refractivity contribution >= 4 is 5.91 Å². The van der Waals surface area contributed by atoms with Gasteiger partial charge in [0.05, 0.1) is 17.8 Å². The molecule has 4 nitrogen and oxygen atoms in total. The summed E-state index contributed by atoms with van der Waals surface area (Å²) in [7, 11) is 0. The summed E-state index contributed by atoms with van der Waals surface area (Å²) in [6.45, 7) is 4.17. The Bertz CT molecular complexity index is 496. The van der Waals surface area contributed by atoms with Crippen LogP contribution >= 0.6 is 0 Å². The van der Waals surface area contributed by atoms with Crippen LogP contribution < -0.4 is 5.32 Å². The minimum absolute atomic E-state index is 0.0520. The van der Waals surface area contributed by atoms with E-state index in [0.717, 1.165) is 11.3 Å². The third-order valence-corrected chi connectivity index (χ3v) is 5.43. The zero-order valence-corrected chi connectivity index (χ0v) is 13.3. The molecule has 0 saturated heterocycles. The van der Waals surface area contributed by atoms with E-state index in [1.165, 1.54) is 51.4 Å². The van der Waals surface area contributed by atoms with Gasteiger partial charge < -0.3 is 5.32 Å². The molecule has 2 aliphatic carbocycles. The maximum atomic E-state index is 12.5. The number of rotatable bonds is 4. The molecule has 21 heavy (non-hydrogen) atoms. The van der Waals surface area contributed by atoms with Crippen molar-refractivity contribution in [3.8, 4) is 0 Å². The average molecular weight is 289 g/mol. The van der Waals surface area contributed by atoms with Gasteiger partial charge in [0.1, 0.15) is 0 Å². The van der Waals surface area contributed by atoms with Crippen molar-refractivity contribution < 1.29 is 4.79 Å². The molecule has 3 rings (SSSR count). The summed E-state index contributed by atoms with van der Waals surface area (Å²) in [4.78, 5) is 12.5. The lowest BCUT2D eigenvalue weighted by atomic mass is 9.99. The average Bonchev–Trinajstić information content (AvgIpc) is 3.20. The lowest BCUT2D eigenvalue weighted by molar-refractivity contribution is 0.0926. The van der Waals surface area contributed by atoms with Crippen LogP contribution in [0.1, 0.15) is 80.4 Å². The number of nitrogens with zero attached hydrogens (tertiary/aromatic N) is 2. The van der Waals surface area contributed by atoms with Crippen molar-refractivity contribution in [3.63, 3.8) is 0 Å². The fourth-order valence-corrected chi connectivity index (χ4v) is 4.02. The minimum atomic E-state index is 0.0520. The van der Waals surface area contributed by atoms with Gasteiger partial charge in [-0.2, -0.15) is 5.10 Å². The van der Waals surface area contributed by atoms with E-state index in [-0.39, 0.29) is 11.9 Å². The lowest BCUT2D eigenvalue weighted by Gasteiger charge is -2.20. The largest absolute Gasteiger partial charge is 0.349 e. The van der Waals surface area contributed by atoms with Gasteiger partial charge in [-0.05, 0) is 45.4 Å². The van der Waals surface area contributed by atoms with Gasteiger partial charge in [-0.1, -0.05) is 25.7 Å². The van der Waals surface area contributed by atoms with E-state index in [2.05, 4.69) is 22.0 Å². The standard InChI is InChI=1S/C17H27N3O/c1-12(14-7-3-4-8-14)19-17(21)16-11-18-20(13(16)2)15-9-5-6-10-15/h11-12,14-15H,3-10H2,1-2H3,(H,19,21). The van der Waals surface area contributed by atoms with Gasteiger partial charge in [0.15, 0.2) is 0 Å². The van der Waals surface area contributed by atoms with Crippen molar-refractivity contribution in [1.29, 1.82) is 0 Å². The second-order valence-corrected chi connectivity index (χ2v) is 6.83. The van der Waals surface area contributed by atoms with Crippen molar-refractivity contribution in [2.75, 3.05) is 0 Å². The molecule has 0 spiro atoms. The fourth-order valence-electron chi connectivity index (χ4n) is 4.02. The third kappa shape index (κ3) is 2.99. The first kappa shape index (κ1) is 14.6. The topological polar surface area (TPSA) is 46.9 Å². The highest BCUT2D eigenvalue weighted by atomic mass is 16.1. The highest BCUT2D eigenvalue weighted by molar-refractivity contribution is 5.95. The molecule has 2 aliphatic rings. The van der Waals surface area contributed by atoms with E-state index in [0.29, 0.717) is 12.0 Å². The smallest absolute Gasteiger partial charge is 0.254 e. The predicted molar refractivity (Wildman–Crippen MR) is 83.4 cm³/mol. The van der Waals surface area contributed by atoms with Crippen LogP contribution in [0.2, 0.25) is 0 Å². The van der Waals surface area contributed by atoms with Gasteiger partial charge in [0, 0.05) is 11.7 Å². The summed E-state index contributed by atoms with van der Waals surface area (Å²) in [5, 5.41) is 7.67. The van der Waals surface area contributed by atoms with Crippen molar-refractivity contribution in [3.05, 3.63) is 17.5 Å². The van der Waals surface area contributed by atoms with Crippen LogP contribution in [0.4, 0.5) is 0 Å². The van der Waals surface area contributed by atoms with E-state index in [9.17, 15) is 4.79 Å². The number of carbonyl (C=O) groups is 1. The van der Waals surface area contributed by atoms with E-state index in [1.807, 2.05) is 6.92 Å². The first-order valence-corrected chi connectivity index (χ1v) is 8.52. The summed E-state index contributed by atoms with van der Waals surface area (Å²) >= 11 is 0. The van der Waals surface area contributed by atoms with Crippen LogP contribution in [-0.4, -0.2) is 21.7 Å². The summed E-state index contributed by atoms with van der Waals surface area (Å²) in [5.41, 5.74) is 1.78. The second-order valence-electron chi connectivity index (χ2n) is 6.83. The molecule has 0 radical (unpaired) electrons. The summed E-state index contributed by atoms with van der Waals surface area (Å²) < 4.78 is 2.07. The van der Waals surface area contributed by atoms with E-state index in [4.69, 9.17) is 0 Å². The Labute approximate surface area is 127 Å². The van der Waals surface area contributed by atoms with Crippen LogP contribution in [0.3, 0.4) is 0 Å². The van der Waals surface area contributed by atoms with Crippen LogP contribution in [0.25, 0.3) is 0 Å². The number of nitrogens with one attached hydrogen (secondary N) is 1. The van der Waals surface area contributed by atoms with Gasteiger partial charge in [-0.3, -0.25) is 9.48 Å². The molecule has 1 N–H and O–H groups in total. The molecule has 0 bridgehead atoms. The molecule has 1 aromatic rings. The number of amides is 1. The van der Waals surface area contributed by atoms with Gasteiger partial charge in [-0.25, -0.2) is 0 Å². The Morgan fingerprint density at radius 2 is 1.86 bits per heavy atom. The molecule has 1 amide bonds. The molecule has 1 heterocycles. The molecular weight excluding hydrogens is 262 g/mol. The Balaban J connectivity index is 1.66. The molecule has 1 aromatic heterocycles. The highest BCUT2D eigenvalue weighted by Gasteiger charge is 2.26. The van der Waals surface area contributed by atoms with Gasteiger partial charge >= 0.3 is 0 Å². The van der Waals surface area contributed by atoms with E-state index < -0.39 is 0 Å². The van der Waals surface area contributed by atoms with Crippen LogP contribution in [-0.2, 0) is 0 Å². The van der Waals surface area contributed by atoms with Crippen LogP contribution in [0.5, 0.6) is 0 Å². The Kier molecular flexibility index (Phi) is 4.32. The first-order valence-electron chi connectivity index (χ1n) is 8.52. The molecule has 1 atom stereocenters. The van der Waals surface area contributed by atoms with Crippen LogP contribution in [0, 0.1) is 12.8 Å². The monoisotopic (exact) mass is 289 g/mol. The highest BCUT2D eigenvalue weighted by Crippen LogP contribution is 2.31. The molecule has 2 fully saturated rings. The van der Waals surface area contributed by atoms with Crippen molar-refractivity contribution in [2.24, 2.45) is 5.92 Å². The van der Waals surface area contributed by atoms with Crippen molar-refractivity contribution in [1.82, 2.24) is 15.1 Å². The number of aromatic nitrogens is 2. The summed E-state index contributed by atoms with van der Waals surface area (Å²) in [6, 6.07) is 0.771. The Hall–Kier alpha value is -1.32. The normalized spacial score (nSPS) is 21.8. The minimum Gasteiger partial charge on any atom is -0.349 e. The molecule has 116 valence electrons. The van der Waals surface area contributed by atoms with E-state index >= 15 is 0 Å². The fraction of sp³-hybridized carbons (Fsp3) is 0.765. The number of hydrogen-bond donors (Lipinski definition) is 1. The zero-order valence-electron chi connectivity index (χ0n) is 13.3. The predicted octanol–water partition coefficient (Wildman–Crippen LogP) is 3.62. The lowest BCUT2D eigenvalue weighted by Crippen LogP contribution is -2.37. The zero-order chi connectivity index (χ0) is 14.8. The van der Waals surface area contributed by atoms with Crippen LogP contribution in [0.15, 0.2) is 6.20 Å². The Morgan fingerprint density at radius 3 is 2.52 bits per heavy atom. The van der Waals surface area contributed by atoms with E-state index in [1.54, 1.807) is 6.20 Å². The molecule has 1 unspecified atom stereocenters. The Morgan fingerprint density at radius 1 is 1.24 bits per heavy atom. The molecule has 0 aromatic carbocycles. The quantitative estimate of drug-likeness (QED) is 0.920. The molecule has 0 aliphatic heterocycles.